The fraction of sp³-hybridized carbons (Fsp3) is 0.500. The number of aryl methyl sites for hydroxylation is 1. The van der Waals surface area contributed by atoms with Crippen molar-refractivity contribution >= 4 is 10.8 Å². The minimum absolute atomic E-state index is 0.0569. The highest BCUT2D eigenvalue weighted by atomic mass is 32.2. The molecule has 1 N–H and O–H groups in total. The summed E-state index contributed by atoms with van der Waals surface area (Å²) in [7, 11) is -0.924. The Hall–Kier alpha value is -1.50. The van der Waals surface area contributed by atoms with Crippen LogP contribution in [-0.2, 0) is 28.6 Å². The molecule has 2 aromatic rings. The lowest BCUT2D eigenvalue weighted by Crippen LogP contribution is -2.39. The van der Waals surface area contributed by atoms with Crippen molar-refractivity contribution in [3.05, 3.63) is 47.8 Å². The molecule has 2 heterocycles. The van der Waals surface area contributed by atoms with Gasteiger partial charge in [0.15, 0.2) is 0 Å². The standard InChI is InChI=1S/C18H25N3O2S/c1-3-21-13-15(12-20-21)18-17(5-4-10-23-18)19-11-14-6-8-16(9-7-14)24(2)22/h6-9,12-13,17-19H,3-5,10-11H2,1-2H3/t17-,18+,24+/m0/s1. The van der Waals surface area contributed by atoms with Crippen LogP contribution < -0.4 is 5.32 Å². The summed E-state index contributed by atoms with van der Waals surface area (Å²) in [5.74, 6) is 0. The van der Waals surface area contributed by atoms with Gasteiger partial charge in [-0.1, -0.05) is 12.1 Å². The Bertz CT molecular complexity index is 684. The van der Waals surface area contributed by atoms with Crippen molar-refractivity contribution in [2.75, 3.05) is 12.9 Å². The second kappa shape index (κ2) is 8.05. The van der Waals surface area contributed by atoms with Crippen LogP contribution in [0.5, 0.6) is 0 Å². The van der Waals surface area contributed by atoms with Gasteiger partial charge in [0.1, 0.15) is 6.10 Å². The molecule has 0 amide bonds. The third kappa shape index (κ3) is 4.12. The van der Waals surface area contributed by atoms with E-state index in [1.165, 1.54) is 5.56 Å². The van der Waals surface area contributed by atoms with E-state index < -0.39 is 10.8 Å². The molecule has 0 bridgehead atoms. The molecule has 1 aliphatic heterocycles. The molecule has 1 aromatic heterocycles. The van der Waals surface area contributed by atoms with Gasteiger partial charge in [0.25, 0.3) is 0 Å². The van der Waals surface area contributed by atoms with Crippen molar-refractivity contribution in [2.24, 2.45) is 0 Å². The molecule has 0 saturated carbocycles. The molecule has 0 unspecified atom stereocenters. The number of aromatic nitrogens is 2. The van der Waals surface area contributed by atoms with Gasteiger partial charge < -0.3 is 10.1 Å². The zero-order chi connectivity index (χ0) is 16.9. The molecule has 3 atom stereocenters. The van der Waals surface area contributed by atoms with Gasteiger partial charge in [-0.25, -0.2) is 0 Å². The van der Waals surface area contributed by atoms with Crippen molar-refractivity contribution < 1.29 is 8.95 Å². The maximum atomic E-state index is 11.5. The van der Waals surface area contributed by atoms with Crippen LogP contribution in [0.4, 0.5) is 0 Å². The number of hydrogen-bond acceptors (Lipinski definition) is 4. The molecular weight excluding hydrogens is 322 g/mol. The van der Waals surface area contributed by atoms with E-state index in [0.29, 0.717) is 0 Å². The zero-order valence-electron chi connectivity index (χ0n) is 14.3. The van der Waals surface area contributed by atoms with Crippen LogP contribution in [0.3, 0.4) is 0 Å². The smallest absolute Gasteiger partial charge is 0.101 e. The number of ether oxygens (including phenoxy) is 1. The molecule has 6 heteroatoms. The second-order valence-electron chi connectivity index (χ2n) is 6.15. The summed E-state index contributed by atoms with van der Waals surface area (Å²) in [6, 6.07) is 8.24. The van der Waals surface area contributed by atoms with E-state index in [1.54, 1.807) is 6.26 Å². The minimum atomic E-state index is -0.924. The van der Waals surface area contributed by atoms with Crippen LogP contribution in [-0.4, -0.2) is 32.9 Å². The van der Waals surface area contributed by atoms with Crippen LogP contribution in [0.2, 0.25) is 0 Å². The average Bonchev–Trinajstić information content (AvgIpc) is 3.09. The summed E-state index contributed by atoms with van der Waals surface area (Å²) in [5, 5.41) is 7.99. The average molecular weight is 347 g/mol. The number of hydrogen-bond donors (Lipinski definition) is 1. The third-order valence-electron chi connectivity index (χ3n) is 4.45. The number of nitrogens with zero attached hydrogens (tertiary/aromatic N) is 2. The van der Waals surface area contributed by atoms with Crippen molar-refractivity contribution in [1.29, 1.82) is 0 Å². The largest absolute Gasteiger partial charge is 0.372 e. The third-order valence-corrected chi connectivity index (χ3v) is 5.39. The Kier molecular flexibility index (Phi) is 5.81. The molecule has 0 aliphatic carbocycles. The SMILES string of the molecule is CCn1cc([C@H]2OCCC[C@@H]2NCc2ccc([S@@](C)=O)cc2)cn1. The highest BCUT2D eigenvalue weighted by Gasteiger charge is 2.28. The van der Waals surface area contributed by atoms with Gasteiger partial charge in [0.05, 0.1) is 6.20 Å². The van der Waals surface area contributed by atoms with Gasteiger partial charge >= 0.3 is 0 Å². The zero-order valence-corrected chi connectivity index (χ0v) is 15.1. The van der Waals surface area contributed by atoms with Crippen molar-refractivity contribution in [3.63, 3.8) is 0 Å². The first-order valence-corrected chi connectivity index (χ1v) is 10.0. The summed E-state index contributed by atoms with van der Waals surface area (Å²) >= 11 is 0. The second-order valence-corrected chi connectivity index (χ2v) is 7.53. The molecule has 1 aliphatic rings. The summed E-state index contributed by atoms with van der Waals surface area (Å²) < 4.78 is 19.4. The van der Waals surface area contributed by atoms with Crippen LogP contribution in [0.1, 0.15) is 37.0 Å². The first-order chi connectivity index (χ1) is 11.7. The van der Waals surface area contributed by atoms with E-state index in [-0.39, 0.29) is 12.1 Å². The molecule has 3 rings (SSSR count). The lowest BCUT2D eigenvalue weighted by atomic mass is 9.98. The predicted octanol–water partition coefficient (Wildman–Crippen LogP) is 2.65. The first kappa shape index (κ1) is 17.3. The van der Waals surface area contributed by atoms with E-state index in [9.17, 15) is 4.21 Å². The fourth-order valence-corrected chi connectivity index (χ4v) is 3.59. The molecule has 0 radical (unpaired) electrons. The van der Waals surface area contributed by atoms with Gasteiger partial charge in [-0.05, 0) is 37.5 Å². The fourth-order valence-electron chi connectivity index (χ4n) is 3.07. The topological polar surface area (TPSA) is 56.1 Å². The highest BCUT2D eigenvalue weighted by molar-refractivity contribution is 7.84. The van der Waals surface area contributed by atoms with Crippen LogP contribution in [0, 0.1) is 0 Å². The molecule has 1 saturated heterocycles. The van der Waals surface area contributed by atoms with Crippen LogP contribution in [0.25, 0.3) is 0 Å². The summed E-state index contributed by atoms with van der Waals surface area (Å²) in [4.78, 5) is 0.865. The molecule has 5 nitrogen and oxygen atoms in total. The Morgan fingerprint density at radius 2 is 2.17 bits per heavy atom. The Morgan fingerprint density at radius 1 is 1.38 bits per heavy atom. The number of benzene rings is 1. The molecule has 130 valence electrons. The maximum absolute atomic E-state index is 11.5. The van der Waals surface area contributed by atoms with Gasteiger partial charge in [-0.2, -0.15) is 5.10 Å². The monoisotopic (exact) mass is 347 g/mol. The molecule has 24 heavy (non-hydrogen) atoms. The van der Waals surface area contributed by atoms with Gasteiger partial charge in [-0.3, -0.25) is 8.89 Å². The number of nitrogens with one attached hydrogen (secondary N) is 1. The predicted molar refractivity (Wildman–Crippen MR) is 95.2 cm³/mol. The molecule has 1 aromatic carbocycles. The highest BCUT2D eigenvalue weighted by Crippen LogP contribution is 2.28. The van der Waals surface area contributed by atoms with Crippen LogP contribution in [0.15, 0.2) is 41.6 Å². The summed E-state index contributed by atoms with van der Waals surface area (Å²) in [5.41, 5.74) is 2.34. The van der Waals surface area contributed by atoms with Crippen molar-refractivity contribution in [1.82, 2.24) is 15.1 Å². The quantitative estimate of drug-likeness (QED) is 0.873. The Balaban J connectivity index is 1.64. The first-order valence-electron chi connectivity index (χ1n) is 8.47. The molecular formula is C18H25N3O2S. The lowest BCUT2D eigenvalue weighted by molar-refractivity contribution is -0.0112. The number of rotatable bonds is 6. The van der Waals surface area contributed by atoms with E-state index in [0.717, 1.165) is 43.0 Å². The summed E-state index contributed by atoms with van der Waals surface area (Å²) in [6.07, 6.45) is 7.92. The molecule has 0 spiro atoms. The van der Waals surface area contributed by atoms with E-state index in [1.807, 2.05) is 35.1 Å². The minimum Gasteiger partial charge on any atom is -0.372 e. The Labute approximate surface area is 145 Å². The molecule has 1 fully saturated rings. The van der Waals surface area contributed by atoms with Gasteiger partial charge in [0.2, 0.25) is 0 Å². The van der Waals surface area contributed by atoms with Crippen molar-refractivity contribution in [2.45, 2.75) is 49.9 Å². The lowest BCUT2D eigenvalue weighted by Gasteiger charge is -2.32. The van der Waals surface area contributed by atoms with E-state index in [2.05, 4.69) is 23.5 Å². The van der Waals surface area contributed by atoms with E-state index >= 15 is 0 Å². The normalized spacial score (nSPS) is 22.4. The van der Waals surface area contributed by atoms with Crippen LogP contribution >= 0.6 is 0 Å². The van der Waals surface area contributed by atoms with Crippen molar-refractivity contribution in [3.8, 4) is 0 Å². The van der Waals surface area contributed by atoms with E-state index in [4.69, 9.17) is 4.74 Å². The Morgan fingerprint density at radius 3 is 2.83 bits per heavy atom. The van der Waals surface area contributed by atoms with Gasteiger partial charge in [-0.15, -0.1) is 0 Å². The summed E-state index contributed by atoms with van der Waals surface area (Å²) in [6.45, 7) is 4.54. The maximum Gasteiger partial charge on any atom is 0.101 e. The van der Waals surface area contributed by atoms with Gasteiger partial charge in [0, 0.05) is 59.4 Å².